The van der Waals surface area contributed by atoms with Gasteiger partial charge in [-0.3, -0.25) is 14.4 Å². The fourth-order valence-electron chi connectivity index (χ4n) is 3.39. The lowest BCUT2D eigenvalue weighted by Crippen LogP contribution is -2.58. The Labute approximate surface area is 205 Å². The van der Waals surface area contributed by atoms with Crippen LogP contribution in [-0.4, -0.2) is 69.8 Å². The first-order valence-electron chi connectivity index (χ1n) is 11.6. The van der Waals surface area contributed by atoms with Crippen molar-refractivity contribution in [3.8, 4) is 5.75 Å². The van der Waals surface area contributed by atoms with E-state index < -0.39 is 54.5 Å². The summed E-state index contributed by atoms with van der Waals surface area (Å²) in [6.45, 7) is 6.55. The Bertz CT molecular complexity index is 858. The highest BCUT2D eigenvalue weighted by Gasteiger charge is 2.30. The standard InChI is InChI=1S/C24H38N4O7/c1-13(2)9-18(26-21(31)17(25)11-15-5-7-16(30)8-6-15)22(32)28-20(12-29)23(33)27-19(24(34)35)10-14(3)4/h5-8,13-14,17-20,29-30H,9-12,25H2,1-4H3,(H,26,31)(H,27,33)(H,28,32)(H,34,35). The molecule has 11 nitrogen and oxygen atoms in total. The van der Waals surface area contributed by atoms with Crippen molar-refractivity contribution >= 4 is 23.7 Å². The fourth-order valence-corrected chi connectivity index (χ4v) is 3.39. The number of nitrogens with two attached hydrogens (primary N) is 1. The van der Waals surface area contributed by atoms with Crippen LogP contribution in [-0.2, 0) is 25.6 Å². The second kappa shape index (κ2) is 14.3. The van der Waals surface area contributed by atoms with Crippen molar-refractivity contribution < 1.29 is 34.5 Å². The number of carboxylic acid groups (broad SMARTS) is 1. The molecule has 0 saturated carbocycles. The van der Waals surface area contributed by atoms with Crippen molar-refractivity contribution in [1.29, 1.82) is 0 Å². The lowest BCUT2D eigenvalue weighted by Gasteiger charge is -2.25. The molecular weight excluding hydrogens is 456 g/mol. The smallest absolute Gasteiger partial charge is 0.326 e. The van der Waals surface area contributed by atoms with Gasteiger partial charge in [0.05, 0.1) is 12.6 Å². The summed E-state index contributed by atoms with van der Waals surface area (Å²) in [5.41, 5.74) is 6.72. The van der Waals surface area contributed by atoms with Crippen LogP contribution in [0.25, 0.3) is 0 Å². The summed E-state index contributed by atoms with van der Waals surface area (Å²) >= 11 is 0. The fraction of sp³-hybridized carbons (Fsp3) is 0.583. The summed E-state index contributed by atoms with van der Waals surface area (Å²) in [4.78, 5) is 49.5. The van der Waals surface area contributed by atoms with Gasteiger partial charge in [0.15, 0.2) is 0 Å². The van der Waals surface area contributed by atoms with E-state index in [2.05, 4.69) is 16.0 Å². The molecule has 0 fully saturated rings. The van der Waals surface area contributed by atoms with Crippen molar-refractivity contribution in [2.75, 3.05) is 6.61 Å². The van der Waals surface area contributed by atoms with E-state index in [1.807, 2.05) is 13.8 Å². The predicted octanol–water partition coefficient (Wildman–Crippen LogP) is -0.114. The average molecular weight is 495 g/mol. The number of nitrogens with one attached hydrogen (secondary N) is 3. The van der Waals surface area contributed by atoms with Crippen molar-refractivity contribution in [3.05, 3.63) is 29.8 Å². The maximum absolute atomic E-state index is 12.9. The van der Waals surface area contributed by atoms with Crippen LogP contribution in [0.4, 0.5) is 0 Å². The molecule has 4 unspecified atom stereocenters. The minimum atomic E-state index is -1.39. The number of aliphatic hydroxyl groups is 1. The number of rotatable bonds is 14. The van der Waals surface area contributed by atoms with Crippen LogP contribution in [0, 0.1) is 11.8 Å². The number of amides is 3. The quantitative estimate of drug-likeness (QED) is 0.186. The molecular formula is C24H38N4O7. The van der Waals surface area contributed by atoms with Crippen LogP contribution in [0.1, 0.15) is 46.1 Å². The molecule has 0 spiro atoms. The second-order valence-corrected chi connectivity index (χ2v) is 9.44. The van der Waals surface area contributed by atoms with Crippen LogP contribution < -0.4 is 21.7 Å². The number of carbonyl (C=O) groups excluding carboxylic acids is 3. The Morgan fingerprint density at radius 1 is 0.800 bits per heavy atom. The Morgan fingerprint density at radius 3 is 1.74 bits per heavy atom. The first kappa shape index (κ1) is 29.9. The molecule has 4 atom stereocenters. The summed E-state index contributed by atoms with van der Waals surface area (Å²) in [6.07, 6.45) is 0.600. The van der Waals surface area contributed by atoms with Crippen LogP contribution in [0.15, 0.2) is 24.3 Å². The summed E-state index contributed by atoms with van der Waals surface area (Å²) in [7, 11) is 0. The topological polar surface area (TPSA) is 191 Å². The molecule has 35 heavy (non-hydrogen) atoms. The molecule has 8 N–H and O–H groups in total. The Balaban J connectivity index is 2.85. The number of carbonyl (C=O) groups is 4. The molecule has 0 heterocycles. The third-order valence-electron chi connectivity index (χ3n) is 5.21. The molecule has 1 rings (SSSR count). The second-order valence-electron chi connectivity index (χ2n) is 9.44. The lowest BCUT2D eigenvalue weighted by atomic mass is 10.0. The predicted molar refractivity (Wildman–Crippen MR) is 129 cm³/mol. The molecule has 3 amide bonds. The van der Waals surface area contributed by atoms with E-state index in [1.54, 1.807) is 26.0 Å². The molecule has 0 aromatic heterocycles. The van der Waals surface area contributed by atoms with Gasteiger partial charge < -0.3 is 37.0 Å². The zero-order chi connectivity index (χ0) is 26.7. The van der Waals surface area contributed by atoms with E-state index in [1.165, 1.54) is 12.1 Å². The van der Waals surface area contributed by atoms with Gasteiger partial charge in [-0.2, -0.15) is 0 Å². The SMILES string of the molecule is CC(C)CC(NC(=O)C(CO)NC(=O)C(CC(C)C)NC(=O)C(N)Cc1ccc(O)cc1)C(=O)O. The van der Waals surface area contributed by atoms with Gasteiger partial charge in [-0.15, -0.1) is 0 Å². The van der Waals surface area contributed by atoms with Gasteiger partial charge in [0.2, 0.25) is 17.7 Å². The average Bonchev–Trinajstić information content (AvgIpc) is 2.76. The number of phenolic OH excluding ortho intramolecular Hbond substituents is 1. The molecule has 0 aliphatic heterocycles. The zero-order valence-corrected chi connectivity index (χ0v) is 20.7. The zero-order valence-electron chi connectivity index (χ0n) is 20.7. The Hall–Kier alpha value is -3.18. The summed E-state index contributed by atoms with van der Waals surface area (Å²) in [5, 5.41) is 35.7. The highest BCUT2D eigenvalue weighted by Crippen LogP contribution is 2.12. The lowest BCUT2D eigenvalue weighted by molar-refractivity contribution is -0.143. The van der Waals surface area contributed by atoms with Crippen LogP contribution >= 0.6 is 0 Å². The van der Waals surface area contributed by atoms with Gasteiger partial charge in [-0.05, 0) is 48.8 Å². The number of aliphatic carboxylic acids is 1. The number of hydrogen-bond donors (Lipinski definition) is 7. The van der Waals surface area contributed by atoms with Crippen LogP contribution in [0.2, 0.25) is 0 Å². The van der Waals surface area contributed by atoms with Gasteiger partial charge in [-0.1, -0.05) is 39.8 Å². The number of hydrogen-bond acceptors (Lipinski definition) is 7. The third-order valence-corrected chi connectivity index (χ3v) is 5.21. The molecule has 1 aromatic rings. The monoisotopic (exact) mass is 494 g/mol. The Kier molecular flexibility index (Phi) is 12.2. The summed E-state index contributed by atoms with van der Waals surface area (Å²) in [5.74, 6) is -3.25. The first-order valence-corrected chi connectivity index (χ1v) is 11.6. The van der Waals surface area contributed by atoms with Crippen molar-refractivity contribution in [3.63, 3.8) is 0 Å². The number of carboxylic acids is 1. The minimum Gasteiger partial charge on any atom is -0.508 e. The molecule has 11 heteroatoms. The summed E-state index contributed by atoms with van der Waals surface area (Å²) < 4.78 is 0. The van der Waals surface area contributed by atoms with Crippen LogP contribution in [0.5, 0.6) is 5.75 Å². The van der Waals surface area contributed by atoms with Crippen molar-refractivity contribution in [2.24, 2.45) is 17.6 Å². The minimum absolute atomic E-state index is 0.00297. The maximum Gasteiger partial charge on any atom is 0.326 e. The summed E-state index contributed by atoms with van der Waals surface area (Å²) in [6, 6.07) is 1.67. The van der Waals surface area contributed by atoms with E-state index in [0.29, 0.717) is 0 Å². The van der Waals surface area contributed by atoms with E-state index in [-0.39, 0.29) is 36.8 Å². The Morgan fingerprint density at radius 2 is 1.26 bits per heavy atom. The molecule has 196 valence electrons. The molecule has 0 radical (unpaired) electrons. The molecule has 0 bridgehead atoms. The molecule has 0 aliphatic carbocycles. The highest BCUT2D eigenvalue weighted by atomic mass is 16.4. The van der Waals surface area contributed by atoms with Crippen LogP contribution in [0.3, 0.4) is 0 Å². The van der Waals surface area contributed by atoms with Crippen molar-refractivity contribution in [1.82, 2.24) is 16.0 Å². The van der Waals surface area contributed by atoms with Gasteiger partial charge in [0.25, 0.3) is 0 Å². The van der Waals surface area contributed by atoms with Gasteiger partial charge in [0, 0.05) is 0 Å². The van der Waals surface area contributed by atoms with E-state index in [4.69, 9.17) is 5.73 Å². The first-order chi connectivity index (χ1) is 16.3. The van der Waals surface area contributed by atoms with E-state index in [0.717, 1.165) is 5.56 Å². The van der Waals surface area contributed by atoms with E-state index in [9.17, 15) is 34.5 Å². The normalized spacial score (nSPS) is 14.6. The van der Waals surface area contributed by atoms with Crippen molar-refractivity contribution in [2.45, 2.75) is 71.1 Å². The van der Waals surface area contributed by atoms with Gasteiger partial charge in [0.1, 0.15) is 23.9 Å². The van der Waals surface area contributed by atoms with E-state index >= 15 is 0 Å². The van der Waals surface area contributed by atoms with Gasteiger partial charge in [-0.25, -0.2) is 4.79 Å². The molecule has 0 saturated heterocycles. The number of aromatic hydroxyl groups is 1. The highest BCUT2D eigenvalue weighted by molar-refractivity contribution is 5.94. The maximum atomic E-state index is 12.9. The molecule has 0 aliphatic rings. The van der Waals surface area contributed by atoms with Gasteiger partial charge >= 0.3 is 5.97 Å². The number of aliphatic hydroxyl groups excluding tert-OH is 1. The largest absolute Gasteiger partial charge is 0.508 e. The number of phenols is 1. The third kappa shape index (κ3) is 10.7. The number of benzene rings is 1. The molecule has 1 aromatic carbocycles.